The first-order valence-electron chi connectivity index (χ1n) is 5.47. The lowest BCUT2D eigenvalue weighted by atomic mass is 9.98. The van der Waals surface area contributed by atoms with Crippen LogP contribution in [0.25, 0.3) is 0 Å². The smallest absolute Gasteiger partial charge is 0.142 e. The number of benzene rings is 2. The van der Waals surface area contributed by atoms with Gasteiger partial charge in [0.05, 0.1) is 18.8 Å². The molecule has 0 aliphatic rings. The molecule has 0 radical (unpaired) electrons. The molecule has 0 spiro atoms. The largest absolute Gasteiger partial charge is 0.495 e. The molecule has 3 nitrogen and oxygen atoms in total. The Morgan fingerprint density at radius 3 is 2.35 bits per heavy atom. The molecular weight excluding hydrogens is 212 g/mol. The molecule has 0 aromatic heterocycles. The molecule has 0 saturated heterocycles. The lowest BCUT2D eigenvalue weighted by molar-refractivity contribution is 0.416. The van der Waals surface area contributed by atoms with E-state index in [1.165, 1.54) is 0 Å². The second-order valence-corrected chi connectivity index (χ2v) is 3.85. The quantitative estimate of drug-likeness (QED) is 0.792. The molecule has 0 fully saturated rings. The van der Waals surface area contributed by atoms with Crippen molar-refractivity contribution in [2.45, 2.75) is 6.04 Å². The van der Waals surface area contributed by atoms with Crippen LogP contribution in [0.1, 0.15) is 17.2 Å². The highest BCUT2D eigenvalue weighted by Crippen LogP contribution is 2.31. The van der Waals surface area contributed by atoms with Crippen LogP contribution in [0.4, 0.5) is 5.69 Å². The predicted molar refractivity (Wildman–Crippen MR) is 69.9 cm³/mol. The fraction of sp³-hybridized carbons (Fsp3) is 0.143. The summed E-state index contributed by atoms with van der Waals surface area (Å²) >= 11 is 0. The van der Waals surface area contributed by atoms with Gasteiger partial charge in [-0.1, -0.05) is 42.5 Å². The number of hydrogen-bond acceptors (Lipinski definition) is 3. The van der Waals surface area contributed by atoms with Crippen molar-refractivity contribution in [1.82, 2.24) is 0 Å². The van der Waals surface area contributed by atoms with Crippen LogP contribution in [0.3, 0.4) is 0 Å². The highest BCUT2D eigenvalue weighted by atomic mass is 16.5. The highest BCUT2D eigenvalue weighted by Gasteiger charge is 2.13. The van der Waals surface area contributed by atoms with E-state index in [4.69, 9.17) is 16.2 Å². The van der Waals surface area contributed by atoms with E-state index in [1.54, 1.807) is 7.11 Å². The van der Waals surface area contributed by atoms with E-state index in [0.717, 1.165) is 11.1 Å². The molecule has 2 aromatic carbocycles. The van der Waals surface area contributed by atoms with Gasteiger partial charge in [0.15, 0.2) is 0 Å². The monoisotopic (exact) mass is 228 g/mol. The molecule has 2 rings (SSSR count). The minimum Gasteiger partial charge on any atom is -0.495 e. The van der Waals surface area contributed by atoms with Crippen molar-refractivity contribution >= 4 is 5.69 Å². The van der Waals surface area contributed by atoms with Crippen LogP contribution < -0.4 is 16.2 Å². The van der Waals surface area contributed by atoms with Crippen LogP contribution in [0, 0.1) is 0 Å². The minimum atomic E-state index is -0.230. The summed E-state index contributed by atoms with van der Waals surface area (Å²) in [6.45, 7) is 0. The normalized spacial score (nSPS) is 12.1. The van der Waals surface area contributed by atoms with Crippen molar-refractivity contribution in [1.29, 1.82) is 0 Å². The first kappa shape index (κ1) is 11.5. The molecular formula is C14H16N2O. The summed E-state index contributed by atoms with van der Waals surface area (Å²) in [5, 5.41) is 0. The number of para-hydroxylation sites is 1. The average Bonchev–Trinajstić information content (AvgIpc) is 2.39. The fourth-order valence-corrected chi connectivity index (χ4v) is 1.85. The van der Waals surface area contributed by atoms with Gasteiger partial charge in [-0.05, 0) is 11.6 Å². The molecule has 0 amide bonds. The molecule has 1 unspecified atom stereocenters. The van der Waals surface area contributed by atoms with E-state index in [-0.39, 0.29) is 6.04 Å². The van der Waals surface area contributed by atoms with E-state index >= 15 is 0 Å². The van der Waals surface area contributed by atoms with Crippen LogP contribution in [-0.4, -0.2) is 7.11 Å². The molecule has 4 N–H and O–H groups in total. The summed E-state index contributed by atoms with van der Waals surface area (Å²) in [5.41, 5.74) is 14.8. The van der Waals surface area contributed by atoms with Gasteiger partial charge in [0.2, 0.25) is 0 Å². The third-order valence-electron chi connectivity index (χ3n) is 2.81. The zero-order valence-electron chi connectivity index (χ0n) is 9.76. The molecule has 3 heteroatoms. The second kappa shape index (κ2) is 4.89. The Labute approximate surface area is 101 Å². The standard InChI is InChI=1S/C14H16N2O/c1-17-12-9-5-8-11(14(12)16)13(15)10-6-3-2-4-7-10/h2-9,13H,15-16H2,1H3. The predicted octanol–water partition coefficient (Wildman–Crippen LogP) is 2.33. The van der Waals surface area contributed by atoms with Crippen molar-refractivity contribution in [3.63, 3.8) is 0 Å². The number of anilines is 1. The number of ether oxygens (including phenoxy) is 1. The lowest BCUT2D eigenvalue weighted by Gasteiger charge is -2.16. The Morgan fingerprint density at radius 2 is 1.71 bits per heavy atom. The summed E-state index contributed by atoms with van der Waals surface area (Å²) in [6.07, 6.45) is 0. The lowest BCUT2D eigenvalue weighted by Crippen LogP contribution is -2.14. The van der Waals surface area contributed by atoms with Crippen LogP contribution in [0.15, 0.2) is 48.5 Å². The Balaban J connectivity index is 2.41. The molecule has 0 saturated carbocycles. The first-order chi connectivity index (χ1) is 8.24. The van der Waals surface area contributed by atoms with Gasteiger partial charge in [0, 0.05) is 5.56 Å². The summed E-state index contributed by atoms with van der Waals surface area (Å²) < 4.78 is 5.19. The van der Waals surface area contributed by atoms with E-state index in [9.17, 15) is 0 Å². The number of nitrogens with two attached hydrogens (primary N) is 2. The van der Waals surface area contributed by atoms with Crippen molar-refractivity contribution in [2.75, 3.05) is 12.8 Å². The third-order valence-corrected chi connectivity index (χ3v) is 2.81. The Bertz CT molecular complexity index is 497. The van der Waals surface area contributed by atoms with Gasteiger partial charge in [0.1, 0.15) is 5.75 Å². The minimum absolute atomic E-state index is 0.230. The second-order valence-electron chi connectivity index (χ2n) is 3.85. The Hall–Kier alpha value is -2.00. The highest BCUT2D eigenvalue weighted by molar-refractivity contribution is 5.60. The van der Waals surface area contributed by atoms with Crippen molar-refractivity contribution in [3.8, 4) is 5.75 Å². The number of methoxy groups -OCH3 is 1. The maximum Gasteiger partial charge on any atom is 0.142 e. The summed E-state index contributed by atoms with van der Waals surface area (Å²) in [6, 6.07) is 15.3. The van der Waals surface area contributed by atoms with Crippen LogP contribution in [0.5, 0.6) is 5.75 Å². The van der Waals surface area contributed by atoms with E-state index < -0.39 is 0 Å². The molecule has 0 aliphatic heterocycles. The van der Waals surface area contributed by atoms with Crippen LogP contribution in [-0.2, 0) is 0 Å². The zero-order valence-corrected chi connectivity index (χ0v) is 9.76. The molecule has 17 heavy (non-hydrogen) atoms. The maximum atomic E-state index is 6.21. The van der Waals surface area contributed by atoms with Gasteiger partial charge in [-0.15, -0.1) is 0 Å². The SMILES string of the molecule is COc1cccc(C(N)c2ccccc2)c1N. The van der Waals surface area contributed by atoms with Crippen molar-refractivity contribution in [2.24, 2.45) is 5.73 Å². The number of rotatable bonds is 3. The Morgan fingerprint density at radius 1 is 1.00 bits per heavy atom. The van der Waals surface area contributed by atoms with E-state index in [2.05, 4.69) is 0 Å². The zero-order chi connectivity index (χ0) is 12.3. The molecule has 0 bridgehead atoms. The van der Waals surface area contributed by atoms with Gasteiger partial charge < -0.3 is 16.2 Å². The number of hydrogen-bond donors (Lipinski definition) is 2. The third kappa shape index (κ3) is 2.24. The van der Waals surface area contributed by atoms with Gasteiger partial charge in [0.25, 0.3) is 0 Å². The van der Waals surface area contributed by atoms with Gasteiger partial charge in [-0.2, -0.15) is 0 Å². The maximum absolute atomic E-state index is 6.21. The summed E-state index contributed by atoms with van der Waals surface area (Å²) in [5.74, 6) is 0.661. The fourth-order valence-electron chi connectivity index (χ4n) is 1.85. The molecule has 1 atom stereocenters. The van der Waals surface area contributed by atoms with E-state index in [0.29, 0.717) is 11.4 Å². The average molecular weight is 228 g/mol. The van der Waals surface area contributed by atoms with Crippen molar-refractivity contribution in [3.05, 3.63) is 59.7 Å². The van der Waals surface area contributed by atoms with Crippen LogP contribution in [0.2, 0.25) is 0 Å². The van der Waals surface area contributed by atoms with Crippen molar-refractivity contribution < 1.29 is 4.74 Å². The van der Waals surface area contributed by atoms with Gasteiger partial charge in [-0.25, -0.2) is 0 Å². The van der Waals surface area contributed by atoms with Gasteiger partial charge in [-0.3, -0.25) is 0 Å². The van der Waals surface area contributed by atoms with Crippen LogP contribution >= 0.6 is 0 Å². The number of nitrogen functional groups attached to an aromatic ring is 1. The van der Waals surface area contributed by atoms with Gasteiger partial charge >= 0.3 is 0 Å². The molecule has 2 aromatic rings. The molecule has 0 aliphatic carbocycles. The topological polar surface area (TPSA) is 61.3 Å². The molecule has 88 valence electrons. The molecule has 0 heterocycles. The summed E-state index contributed by atoms with van der Waals surface area (Å²) in [7, 11) is 1.60. The summed E-state index contributed by atoms with van der Waals surface area (Å²) in [4.78, 5) is 0. The van der Waals surface area contributed by atoms with E-state index in [1.807, 2.05) is 48.5 Å². The first-order valence-corrected chi connectivity index (χ1v) is 5.47. The Kier molecular flexibility index (Phi) is 3.30.